The van der Waals surface area contributed by atoms with Gasteiger partial charge in [-0.05, 0) is 37.6 Å². The number of halogens is 3. The minimum Gasteiger partial charge on any atom is -0.372 e. The SMILES string of the molecule is CCN(CCCBr)c1ccc(S(=O)(=O)C(F)F)cc1. The van der Waals surface area contributed by atoms with Gasteiger partial charge in [0.1, 0.15) is 0 Å². The molecule has 0 aliphatic heterocycles. The standard InChI is InChI=1S/C12H16BrF2NO2S/c1-2-16(9-3-8-13)10-4-6-11(7-5-10)19(17,18)12(14)15/h4-7,12H,2-3,8-9H2,1H3. The fourth-order valence-electron chi connectivity index (χ4n) is 1.67. The number of anilines is 1. The van der Waals surface area contributed by atoms with Crippen molar-refractivity contribution in [2.45, 2.75) is 24.0 Å². The molecule has 0 heterocycles. The second-order valence-corrected chi connectivity index (χ2v) is 6.63. The van der Waals surface area contributed by atoms with Crippen LogP contribution in [0, 0.1) is 0 Å². The largest absolute Gasteiger partial charge is 0.372 e. The highest BCUT2D eigenvalue weighted by molar-refractivity contribution is 9.09. The summed E-state index contributed by atoms with van der Waals surface area (Å²) in [7, 11) is -4.50. The summed E-state index contributed by atoms with van der Waals surface area (Å²) >= 11 is 3.34. The highest BCUT2D eigenvalue weighted by atomic mass is 79.9. The first-order valence-electron chi connectivity index (χ1n) is 5.86. The minimum atomic E-state index is -4.50. The van der Waals surface area contributed by atoms with Crippen LogP contribution in [0.1, 0.15) is 13.3 Å². The number of alkyl halides is 3. The van der Waals surface area contributed by atoms with Crippen molar-refractivity contribution < 1.29 is 17.2 Å². The van der Waals surface area contributed by atoms with E-state index in [1.165, 1.54) is 12.1 Å². The summed E-state index contributed by atoms with van der Waals surface area (Å²) in [5.74, 6) is -3.38. The maximum Gasteiger partial charge on any atom is 0.341 e. The fourth-order valence-corrected chi connectivity index (χ4v) is 2.64. The molecule has 3 nitrogen and oxygen atoms in total. The van der Waals surface area contributed by atoms with E-state index in [0.29, 0.717) is 0 Å². The predicted octanol–water partition coefficient (Wildman–Crippen LogP) is 3.29. The Labute approximate surface area is 120 Å². The summed E-state index contributed by atoms with van der Waals surface area (Å²) in [6.07, 6.45) is 0.949. The van der Waals surface area contributed by atoms with Gasteiger partial charge in [-0.3, -0.25) is 0 Å². The van der Waals surface area contributed by atoms with Crippen molar-refractivity contribution in [2.24, 2.45) is 0 Å². The molecule has 0 radical (unpaired) electrons. The number of nitrogens with zero attached hydrogens (tertiary/aromatic N) is 1. The molecule has 0 unspecified atom stereocenters. The molecule has 0 atom stereocenters. The van der Waals surface area contributed by atoms with Gasteiger partial charge in [-0.2, -0.15) is 8.78 Å². The molecule has 0 spiro atoms. The first-order valence-corrected chi connectivity index (χ1v) is 8.53. The first kappa shape index (κ1) is 16.4. The van der Waals surface area contributed by atoms with E-state index in [9.17, 15) is 17.2 Å². The van der Waals surface area contributed by atoms with Gasteiger partial charge in [-0.1, -0.05) is 15.9 Å². The van der Waals surface area contributed by atoms with Crippen LogP contribution in [0.2, 0.25) is 0 Å². The van der Waals surface area contributed by atoms with Crippen LogP contribution < -0.4 is 4.90 Å². The van der Waals surface area contributed by atoms with Crippen LogP contribution in [-0.4, -0.2) is 32.6 Å². The lowest BCUT2D eigenvalue weighted by Crippen LogP contribution is -2.24. The second-order valence-electron chi connectivity index (χ2n) is 3.92. The zero-order valence-corrected chi connectivity index (χ0v) is 12.9. The Balaban J connectivity index is 2.92. The van der Waals surface area contributed by atoms with Crippen molar-refractivity contribution >= 4 is 31.5 Å². The van der Waals surface area contributed by atoms with Crippen LogP contribution in [-0.2, 0) is 9.84 Å². The Morgan fingerprint density at radius 1 is 1.26 bits per heavy atom. The van der Waals surface area contributed by atoms with Crippen molar-refractivity contribution in [1.82, 2.24) is 0 Å². The number of hydrogen-bond donors (Lipinski definition) is 0. The summed E-state index contributed by atoms with van der Waals surface area (Å²) in [5.41, 5.74) is 0.830. The molecule has 0 amide bonds. The van der Waals surface area contributed by atoms with Gasteiger partial charge >= 0.3 is 5.76 Å². The molecule has 0 aliphatic rings. The molecule has 108 valence electrons. The lowest BCUT2D eigenvalue weighted by Gasteiger charge is -2.22. The zero-order valence-electron chi connectivity index (χ0n) is 10.5. The topological polar surface area (TPSA) is 37.4 Å². The molecule has 1 rings (SSSR count). The number of hydrogen-bond acceptors (Lipinski definition) is 3. The fraction of sp³-hybridized carbons (Fsp3) is 0.500. The van der Waals surface area contributed by atoms with Crippen LogP contribution in [0.15, 0.2) is 29.2 Å². The summed E-state index contributed by atoms with van der Waals surface area (Å²) < 4.78 is 47.3. The molecule has 19 heavy (non-hydrogen) atoms. The Hall–Kier alpha value is -0.690. The van der Waals surface area contributed by atoms with E-state index >= 15 is 0 Å². The van der Waals surface area contributed by atoms with E-state index in [1.54, 1.807) is 12.1 Å². The van der Waals surface area contributed by atoms with Gasteiger partial charge < -0.3 is 4.90 Å². The minimum absolute atomic E-state index is 0.345. The maximum atomic E-state index is 12.4. The van der Waals surface area contributed by atoms with Crippen LogP contribution in [0.3, 0.4) is 0 Å². The van der Waals surface area contributed by atoms with E-state index < -0.39 is 15.6 Å². The van der Waals surface area contributed by atoms with Gasteiger partial charge in [-0.25, -0.2) is 8.42 Å². The summed E-state index contributed by atoms with van der Waals surface area (Å²) in [6.45, 7) is 3.58. The van der Waals surface area contributed by atoms with E-state index in [0.717, 1.165) is 30.5 Å². The Morgan fingerprint density at radius 3 is 2.26 bits per heavy atom. The molecule has 0 N–H and O–H groups in total. The van der Waals surface area contributed by atoms with Gasteiger partial charge in [0.15, 0.2) is 0 Å². The maximum absolute atomic E-state index is 12.4. The van der Waals surface area contributed by atoms with E-state index in [-0.39, 0.29) is 4.90 Å². The normalized spacial score (nSPS) is 11.8. The summed E-state index contributed by atoms with van der Waals surface area (Å²) in [4.78, 5) is 1.71. The molecule has 0 aliphatic carbocycles. The van der Waals surface area contributed by atoms with Crippen LogP contribution in [0.25, 0.3) is 0 Å². The first-order chi connectivity index (χ1) is 8.93. The molecule has 7 heteroatoms. The number of benzene rings is 1. The van der Waals surface area contributed by atoms with E-state index in [1.807, 2.05) is 6.92 Å². The average Bonchev–Trinajstić information content (AvgIpc) is 2.40. The van der Waals surface area contributed by atoms with Crippen LogP contribution in [0.4, 0.5) is 14.5 Å². The second kappa shape index (κ2) is 7.19. The van der Waals surface area contributed by atoms with Gasteiger partial charge in [0.05, 0.1) is 4.90 Å². The smallest absolute Gasteiger partial charge is 0.341 e. The monoisotopic (exact) mass is 355 g/mol. The lowest BCUT2D eigenvalue weighted by molar-refractivity contribution is 0.234. The van der Waals surface area contributed by atoms with Gasteiger partial charge in [0.2, 0.25) is 9.84 Å². The van der Waals surface area contributed by atoms with Crippen LogP contribution >= 0.6 is 15.9 Å². The summed E-state index contributed by atoms with van der Waals surface area (Å²) in [6, 6.07) is 5.58. The van der Waals surface area contributed by atoms with E-state index in [2.05, 4.69) is 20.8 Å². The molecule has 0 fully saturated rings. The quantitative estimate of drug-likeness (QED) is 0.704. The van der Waals surface area contributed by atoms with E-state index in [4.69, 9.17) is 0 Å². The molecular weight excluding hydrogens is 340 g/mol. The Kier molecular flexibility index (Phi) is 6.19. The molecule has 1 aromatic rings. The van der Waals surface area contributed by atoms with Crippen molar-refractivity contribution in [1.29, 1.82) is 0 Å². The van der Waals surface area contributed by atoms with Crippen molar-refractivity contribution in [3.8, 4) is 0 Å². The van der Waals surface area contributed by atoms with Gasteiger partial charge in [0, 0.05) is 24.1 Å². The lowest BCUT2D eigenvalue weighted by atomic mass is 10.2. The molecule has 0 saturated heterocycles. The highest BCUT2D eigenvalue weighted by Gasteiger charge is 2.26. The van der Waals surface area contributed by atoms with Crippen LogP contribution in [0.5, 0.6) is 0 Å². The average molecular weight is 356 g/mol. The van der Waals surface area contributed by atoms with Crippen molar-refractivity contribution in [3.63, 3.8) is 0 Å². The van der Waals surface area contributed by atoms with Gasteiger partial charge in [0.25, 0.3) is 0 Å². The molecule has 1 aromatic carbocycles. The van der Waals surface area contributed by atoms with Gasteiger partial charge in [-0.15, -0.1) is 0 Å². The number of sulfone groups is 1. The predicted molar refractivity (Wildman–Crippen MR) is 75.9 cm³/mol. The zero-order chi connectivity index (χ0) is 14.5. The van der Waals surface area contributed by atoms with Crippen molar-refractivity contribution in [2.75, 3.05) is 23.3 Å². The van der Waals surface area contributed by atoms with Crippen molar-refractivity contribution in [3.05, 3.63) is 24.3 Å². The Bertz CT molecular complexity index is 491. The third-order valence-electron chi connectivity index (χ3n) is 2.71. The number of rotatable bonds is 7. The summed E-state index contributed by atoms with van der Waals surface area (Å²) in [5, 5.41) is 0.876. The molecular formula is C12H16BrF2NO2S. The molecule has 0 aromatic heterocycles. The highest BCUT2D eigenvalue weighted by Crippen LogP contribution is 2.22. The third-order valence-corrected chi connectivity index (χ3v) is 4.67. The third kappa shape index (κ3) is 4.14. The molecule has 0 bridgehead atoms. The molecule has 0 saturated carbocycles. The Morgan fingerprint density at radius 2 is 1.84 bits per heavy atom.